The van der Waals surface area contributed by atoms with Crippen LogP contribution in [0.2, 0.25) is 0 Å². The first-order valence-corrected chi connectivity index (χ1v) is 7.21. The van der Waals surface area contributed by atoms with Crippen molar-refractivity contribution in [2.45, 2.75) is 51.5 Å². The van der Waals surface area contributed by atoms with Gasteiger partial charge in [-0.2, -0.15) is 0 Å². The van der Waals surface area contributed by atoms with Gasteiger partial charge in [0.2, 0.25) is 5.91 Å². The van der Waals surface area contributed by atoms with Crippen LogP contribution < -0.4 is 5.73 Å². The molecule has 2 saturated carbocycles. The summed E-state index contributed by atoms with van der Waals surface area (Å²) in [7, 11) is 0. The fourth-order valence-corrected chi connectivity index (χ4v) is 4.13. The Balaban J connectivity index is 0.00000120. The normalized spacial score (nSPS) is 36.8. The van der Waals surface area contributed by atoms with Crippen molar-refractivity contribution >= 4 is 18.3 Å². The molecule has 0 aromatic carbocycles. The Hall–Kier alpha value is -0.280. The van der Waals surface area contributed by atoms with Gasteiger partial charge in [0.1, 0.15) is 0 Å². The fourth-order valence-electron chi connectivity index (χ4n) is 4.13. The predicted octanol–water partition coefficient (Wildman–Crippen LogP) is 2.18. The molecule has 3 unspecified atom stereocenters. The lowest BCUT2D eigenvalue weighted by molar-refractivity contribution is -0.147. The van der Waals surface area contributed by atoms with Gasteiger partial charge in [0.15, 0.2) is 0 Å². The van der Waals surface area contributed by atoms with Crippen LogP contribution in [-0.4, -0.2) is 29.9 Å². The van der Waals surface area contributed by atoms with Crippen molar-refractivity contribution in [1.82, 2.24) is 4.90 Å². The zero-order valence-corrected chi connectivity index (χ0v) is 12.0. The molecule has 3 atom stereocenters. The first kappa shape index (κ1) is 14.1. The Labute approximate surface area is 116 Å². The Morgan fingerprint density at radius 2 is 2.06 bits per heavy atom. The second kappa shape index (κ2) is 5.01. The molecular weight excluding hydrogens is 248 g/mol. The highest BCUT2D eigenvalue weighted by Crippen LogP contribution is 2.47. The molecule has 1 amide bonds. The molecule has 1 aliphatic heterocycles. The summed E-state index contributed by atoms with van der Waals surface area (Å²) in [6.45, 7) is 4.09. The number of carbonyl (C=O) groups excluding carboxylic acids is 1. The Morgan fingerprint density at radius 3 is 2.56 bits per heavy atom. The molecule has 3 nitrogen and oxygen atoms in total. The molecule has 1 heterocycles. The summed E-state index contributed by atoms with van der Waals surface area (Å²) < 4.78 is 0. The molecule has 0 spiro atoms. The van der Waals surface area contributed by atoms with Crippen LogP contribution in [0.5, 0.6) is 0 Å². The minimum atomic E-state index is 0. The number of nitrogens with two attached hydrogens (primary N) is 1. The van der Waals surface area contributed by atoms with E-state index in [2.05, 4.69) is 11.8 Å². The number of fused-ring (bicyclic) bond motifs is 1. The van der Waals surface area contributed by atoms with E-state index in [9.17, 15) is 4.79 Å². The molecule has 104 valence electrons. The van der Waals surface area contributed by atoms with E-state index >= 15 is 0 Å². The van der Waals surface area contributed by atoms with Gasteiger partial charge >= 0.3 is 0 Å². The van der Waals surface area contributed by atoms with E-state index in [1.54, 1.807) is 0 Å². The first-order chi connectivity index (χ1) is 8.16. The molecule has 4 heteroatoms. The molecule has 18 heavy (non-hydrogen) atoms. The lowest BCUT2D eigenvalue weighted by Crippen LogP contribution is -2.47. The largest absolute Gasteiger partial charge is 0.342 e. The van der Waals surface area contributed by atoms with Crippen molar-refractivity contribution in [3.05, 3.63) is 0 Å². The van der Waals surface area contributed by atoms with Gasteiger partial charge in [0.05, 0.1) is 0 Å². The summed E-state index contributed by atoms with van der Waals surface area (Å²) in [5.74, 6) is 1.73. The lowest BCUT2D eigenvalue weighted by Gasteiger charge is -2.42. The molecule has 0 bridgehead atoms. The molecule has 0 aromatic rings. The number of likely N-dealkylation sites (tertiary alicyclic amines) is 1. The van der Waals surface area contributed by atoms with E-state index < -0.39 is 0 Å². The lowest BCUT2D eigenvalue weighted by atomic mass is 9.66. The van der Waals surface area contributed by atoms with Crippen molar-refractivity contribution < 1.29 is 4.79 Å². The fraction of sp³-hybridized carbons (Fsp3) is 0.929. The third-order valence-corrected chi connectivity index (χ3v) is 5.64. The van der Waals surface area contributed by atoms with Crippen LogP contribution in [-0.2, 0) is 4.79 Å². The minimum Gasteiger partial charge on any atom is -0.342 e. The number of amides is 1. The van der Waals surface area contributed by atoms with Crippen molar-refractivity contribution in [3.63, 3.8) is 0 Å². The maximum Gasteiger partial charge on any atom is 0.228 e. The van der Waals surface area contributed by atoms with Crippen LogP contribution >= 0.6 is 12.4 Å². The molecule has 1 saturated heterocycles. The highest BCUT2D eigenvalue weighted by molar-refractivity contribution is 5.85. The van der Waals surface area contributed by atoms with Gasteiger partial charge in [-0.05, 0) is 43.9 Å². The van der Waals surface area contributed by atoms with E-state index in [1.807, 2.05) is 0 Å². The number of hydrogen-bond donors (Lipinski definition) is 1. The molecule has 2 N–H and O–H groups in total. The van der Waals surface area contributed by atoms with Crippen LogP contribution in [0.1, 0.15) is 45.4 Å². The van der Waals surface area contributed by atoms with Gasteiger partial charge in [-0.1, -0.05) is 13.3 Å². The van der Waals surface area contributed by atoms with Crippen LogP contribution in [0.25, 0.3) is 0 Å². The van der Waals surface area contributed by atoms with E-state index in [0.29, 0.717) is 23.8 Å². The SMILES string of the molecule is CCC1(C(=O)N2CC3CCC(N)C3C2)CCC1.Cl. The molecule has 0 radical (unpaired) electrons. The van der Waals surface area contributed by atoms with E-state index in [4.69, 9.17) is 5.73 Å². The third-order valence-electron chi connectivity index (χ3n) is 5.64. The van der Waals surface area contributed by atoms with Gasteiger partial charge in [-0.3, -0.25) is 4.79 Å². The average molecular weight is 273 g/mol. The number of halogens is 1. The van der Waals surface area contributed by atoms with E-state index in [0.717, 1.165) is 38.8 Å². The minimum absolute atomic E-state index is 0. The van der Waals surface area contributed by atoms with Crippen molar-refractivity contribution in [3.8, 4) is 0 Å². The molecular formula is C14H25ClN2O. The molecule has 3 aliphatic rings. The molecule has 3 rings (SSSR count). The summed E-state index contributed by atoms with van der Waals surface area (Å²) in [4.78, 5) is 14.7. The summed E-state index contributed by atoms with van der Waals surface area (Å²) in [6.07, 6.45) is 6.87. The number of hydrogen-bond acceptors (Lipinski definition) is 2. The van der Waals surface area contributed by atoms with Gasteiger partial charge in [0.25, 0.3) is 0 Å². The Kier molecular flexibility index (Phi) is 3.93. The maximum absolute atomic E-state index is 12.6. The second-order valence-corrected chi connectivity index (χ2v) is 6.36. The van der Waals surface area contributed by atoms with Crippen LogP contribution in [0.3, 0.4) is 0 Å². The quantitative estimate of drug-likeness (QED) is 0.838. The summed E-state index contributed by atoms with van der Waals surface area (Å²) in [5, 5.41) is 0. The average Bonchev–Trinajstić information content (AvgIpc) is 2.80. The van der Waals surface area contributed by atoms with Crippen LogP contribution in [0.15, 0.2) is 0 Å². The smallest absolute Gasteiger partial charge is 0.228 e. The summed E-state index contributed by atoms with van der Waals surface area (Å²) >= 11 is 0. The van der Waals surface area contributed by atoms with Crippen molar-refractivity contribution in [2.24, 2.45) is 23.0 Å². The van der Waals surface area contributed by atoms with Crippen LogP contribution in [0.4, 0.5) is 0 Å². The number of rotatable bonds is 2. The third kappa shape index (κ3) is 1.96. The van der Waals surface area contributed by atoms with E-state index in [1.165, 1.54) is 12.8 Å². The highest BCUT2D eigenvalue weighted by atomic mass is 35.5. The molecule has 2 aliphatic carbocycles. The topological polar surface area (TPSA) is 46.3 Å². The predicted molar refractivity (Wildman–Crippen MR) is 74.6 cm³/mol. The van der Waals surface area contributed by atoms with Crippen LogP contribution in [0, 0.1) is 17.3 Å². The van der Waals surface area contributed by atoms with Gasteiger partial charge in [-0.25, -0.2) is 0 Å². The monoisotopic (exact) mass is 272 g/mol. The standard InChI is InChI=1S/C14H24N2O.ClH/c1-2-14(6-3-7-14)13(17)16-8-10-4-5-12(15)11(10)9-16;/h10-12H,2-9,15H2,1H3;1H. The first-order valence-electron chi connectivity index (χ1n) is 7.21. The van der Waals surface area contributed by atoms with E-state index in [-0.39, 0.29) is 17.8 Å². The van der Waals surface area contributed by atoms with Gasteiger partial charge < -0.3 is 10.6 Å². The summed E-state index contributed by atoms with van der Waals surface area (Å²) in [5.41, 5.74) is 6.15. The van der Waals surface area contributed by atoms with Crippen molar-refractivity contribution in [1.29, 1.82) is 0 Å². The Bertz CT molecular complexity index is 324. The zero-order chi connectivity index (χ0) is 12.0. The van der Waals surface area contributed by atoms with Gasteiger partial charge in [0, 0.05) is 24.5 Å². The number of carbonyl (C=O) groups is 1. The molecule has 3 fully saturated rings. The maximum atomic E-state index is 12.6. The Morgan fingerprint density at radius 1 is 1.33 bits per heavy atom. The summed E-state index contributed by atoms with van der Waals surface area (Å²) in [6, 6.07) is 0.344. The van der Waals surface area contributed by atoms with Gasteiger partial charge in [-0.15, -0.1) is 12.4 Å². The number of nitrogens with zero attached hydrogens (tertiary/aromatic N) is 1. The molecule has 0 aromatic heterocycles. The second-order valence-electron chi connectivity index (χ2n) is 6.36. The highest BCUT2D eigenvalue weighted by Gasteiger charge is 2.49. The van der Waals surface area contributed by atoms with Crippen molar-refractivity contribution in [2.75, 3.05) is 13.1 Å². The zero-order valence-electron chi connectivity index (χ0n) is 11.2.